The molecule has 0 aromatic carbocycles. The standard InChI is InChI=1S/C6H6O4S2.Ba.2H2O.2H/c7-4(8)3(5(9)10)6-11-1-2-12-6;;;;;/h1-2H2,(H,7,8)(H,9,10);;2*1H2;;. The number of thioether (sulfide) groups is 2. The molecule has 0 aliphatic carbocycles. The molecule has 0 aromatic rings. The van der Waals surface area contributed by atoms with E-state index < -0.39 is 17.5 Å². The van der Waals surface area contributed by atoms with Crippen molar-refractivity contribution < 1.29 is 30.8 Å². The Hall–Kier alpha value is 0.871. The van der Waals surface area contributed by atoms with Crippen molar-refractivity contribution >= 4 is 84.3 Å². The third-order valence-electron chi connectivity index (χ3n) is 1.18. The Labute approximate surface area is 135 Å². The van der Waals surface area contributed by atoms with Crippen LogP contribution in [0.3, 0.4) is 0 Å². The Bertz CT molecular complexity index is 242. The van der Waals surface area contributed by atoms with Crippen molar-refractivity contribution in [2.45, 2.75) is 0 Å². The van der Waals surface area contributed by atoms with Gasteiger partial charge in [0.2, 0.25) is 0 Å². The van der Waals surface area contributed by atoms with Crippen LogP contribution in [0.5, 0.6) is 0 Å². The normalized spacial score (nSPS) is 12.9. The number of aliphatic carboxylic acids is 2. The van der Waals surface area contributed by atoms with Gasteiger partial charge in [-0.2, -0.15) is 0 Å². The third kappa shape index (κ3) is 6.24. The first-order valence-electron chi connectivity index (χ1n) is 3.09. The van der Waals surface area contributed by atoms with E-state index in [1.807, 2.05) is 0 Å². The summed E-state index contributed by atoms with van der Waals surface area (Å²) in [4.78, 5) is 20.9. The predicted molar refractivity (Wildman–Crippen MR) is 63.0 cm³/mol. The van der Waals surface area contributed by atoms with Crippen LogP contribution in [0, 0.1) is 0 Å². The van der Waals surface area contributed by atoms with Crippen molar-refractivity contribution in [3.63, 3.8) is 0 Å². The van der Waals surface area contributed by atoms with Crippen molar-refractivity contribution in [2.24, 2.45) is 0 Å². The first kappa shape index (κ1) is 21.2. The summed E-state index contributed by atoms with van der Waals surface area (Å²) in [5.74, 6) is -1.16. The fraction of sp³-hybridized carbons (Fsp3) is 0.333. The molecule has 1 aliphatic rings. The van der Waals surface area contributed by atoms with Gasteiger partial charge in [0.15, 0.2) is 5.57 Å². The maximum atomic E-state index is 10.5. The third-order valence-corrected chi connectivity index (χ3v) is 3.90. The van der Waals surface area contributed by atoms with Gasteiger partial charge in [-0.1, -0.05) is 0 Å². The van der Waals surface area contributed by atoms with Crippen LogP contribution in [0.2, 0.25) is 0 Å². The molecule has 0 radical (unpaired) electrons. The second-order valence-corrected chi connectivity index (χ2v) is 4.44. The zero-order chi connectivity index (χ0) is 9.14. The summed E-state index contributed by atoms with van der Waals surface area (Å²) in [5.41, 5.74) is -0.498. The zero-order valence-corrected chi connectivity index (χ0v) is 8.57. The summed E-state index contributed by atoms with van der Waals surface area (Å²) >= 11 is 2.58. The summed E-state index contributed by atoms with van der Waals surface area (Å²) in [6, 6.07) is 0. The average molecular weight is 382 g/mol. The molecular formula is C6H12BaO6S2. The van der Waals surface area contributed by atoms with Gasteiger partial charge in [-0.15, -0.1) is 23.5 Å². The van der Waals surface area contributed by atoms with Crippen molar-refractivity contribution in [1.29, 1.82) is 0 Å². The topological polar surface area (TPSA) is 138 Å². The molecule has 9 heteroatoms. The maximum absolute atomic E-state index is 10.5. The molecule has 0 bridgehead atoms. The van der Waals surface area contributed by atoms with Crippen LogP contribution in [0.25, 0.3) is 0 Å². The molecule has 6 N–H and O–H groups in total. The molecule has 1 fully saturated rings. The second kappa shape index (κ2) is 10.1. The van der Waals surface area contributed by atoms with Crippen molar-refractivity contribution in [1.82, 2.24) is 0 Å². The van der Waals surface area contributed by atoms with Gasteiger partial charge in [0.1, 0.15) is 0 Å². The van der Waals surface area contributed by atoms with Crippen LogP contribution in [0.1, 0.15) is 0 Å². The average Bonchev–Trinajstić information content (AvgIpc) is 2.37. The van der Waals surface area contributed by atoms with E-state index in [0.717, 1.165) is 11.5 Å². The number of carbonyl (C=O) groups is 2. The van der Waals surface area contributed by atoms with Gasteiger partial charge in [0, 0.05) is 11.5 Å². The predicted octanol–water partition coefficient (Wildman–Crippen LogP) is -1.72. The molecule has 0 unspecified atom stereocenters. The number of hydrogen-bond donors (Lipinski definition) is 2. The molecule has 0 saturated carbocycles. The first-order chi connectivity index (χ1) is 5.63. The van der Waals surface area contributed by atoms with E-state index in [0.29, 0.717) is 4.24 Å². The van der Waals surface area contributed by atoms with Gasteiger partial charge in [-0.25, -0.2) is 9.59 Å². The Morgan fingerprint density at radius 3 is 1.60 bits per heavy atom. The summed E-state index contributed by atoms with van der Waals surface area (Å²) < 4.78 is 0.412. The van der Waals surface area contributed by atoms with E-state index in [1.54, 1.807) is 0 Å². The first-order valence-corrected chi connectivity index (χ1v) is 5.06. The van der Waals surface area contributed by atoms with Crippen molar-refractivity contribution in [3.05, 3.63) is 9.81 Å². The molecule has 1 rings (SSSR count). The molecule has 0 aromatic heterocycles. The van der Waals surface area contributed by atoms with Gasteiger partial charge >= 0.3 is 60.8 Å². The van der Waals surface area contributed by atoms with Crippen LogP contribution in [-0.2, 0) is 9.59 Å². The molecule has 1 aliphatic heterocycles. The van der Waals surface area contributed by atoms with Gasteiger partial charge in [-0.3, -0.25) is 0 Å². The van der Waals surface area contributed by atoms with Crippen LogP contribution < -0.4 is 0 Å². The fourth-order valence-corrected chi connectivity index (χ4v) is 3.23. The minimum atomic E-state index is -1.36. The fourth-order valence-electron chi connectivity index (χ4n) is 0.721. The van der Waals surface area contributed by atoms with Crippen LogP contribution >= 0.6 is 23.5 Å². The molecular weight excluding hydrogens is 370 g/mol. The molecule has 0 atom stereocenters. The van der Waals surface area contributed by atoms with Gasteiger partial charge < -0.3 is 21.2 Å². The van der Waals surface area contributed by atoms with E-state index >= 15 is 0 Å². The molecule has 0 spiro atoms. The van der Waals surface area contributed by atoms with Crippen LogP contribution in [0.4, 0.5) is 0 Å². The number of rotatable bonds is 2. The minimum absolute atomic E-state index is 0. The summed E-state index contributed by atoms with van der Waals surface area (Å²) in [7, 11) is 0. The molecule has 1 heterocycles. The van der Waals surface area contributed by atoms with Crippen LogP contribution in [-0.4, -0.2) is 93.5 Å². The van der Waals surface area contributed by atoms with Crippen LogP contribution in [0.15, 0.2) is 9.81 Å². The Morgan fingerprint density at radius 2 is 1.33 bits per heavy atom. The van der Waals surface area contributed by atoms with E-state index in [1.165, 1.54) is 23.5 Å². The number of carboxylic acid groups (broad SMARTS) is 2. The SMILES string of the molecule is O.O.O=C(O)C(C(=O)O)=C1SCCS1.[BaH2]. The van der Waals surface area contributed by atoms with E-state index in [2.05, 4.69) is 0 Å². The Kier molecular flexibility index (Phi) is 14.2. The van der Waals surface area contributed by atoms with Gasteiger partial charge in [0.05, 0.1) is 4.24 Å². The number of hydrogen-bond acceptors (Lipinski definition) is 4. The Balaban J connectivity index is -0.000000480. The van der Waals surface area contributed by atoms with Gasteiger partial charge in [-0.05, 0) is 0 Å². The van der Waals surface area contributed by atoms with E-state index in [4.69, 9.17) is 10.2 Å². The summed E-state index contributed by atoms with van der Waals surface area (Å²) in [6.07, 6.45) is 0. The summed E-state index contributed by atoms with van der Waals surface area (Å²) in [6.45, 7) is 0. The zero-order valence-electron chi connectivity index (χ0n) is 6.94. The second-order valence-electron chi connectivity index (χ2n) is 1.97. The molecule has 86 valence electrons. The molecule has 1 saturated heterocycles. The van der Waals surface area contributed by atoms with Gasteiger partial charge in [0.25, 0.3) is 0 Å². The van der Waals surface area contributed by atoms with E-state index in [-0.39, 0.29) is 59.8 Å². The van der Waals surface area contributed by atoms with Crippen molar-refractivity contribution in [2.75, 3.05) is 11.5 Å². The number of carboxylic acids is 2. The van der Waals surface area contributed by atoms with E-state index in [9.17, 15) is 9.59 Å². The molecule has 0 amide bonds. The quantitative estimate of drug-likeness (QED) is 0.253. The molecule has 15 heavy (non-hydrogen) atoms. The molecule has 6 nitrogen and oxygen atoms in total. The summed E-state index contributed by atoms with van der Waals surface area (Å²) in [5, 5.41) is 17.1. The monoisotopic (exact) mass is 382 g/mol. The Morgan fingerprint density at radius 1 is 1.00 bits per heavy atom. The van der Waals surface area contributed by atoms with Crippen molar-refractivity contribution in [3.8, 4) is 0 Å².